The second-order valence-electron chi connectivity index (χ2n) is 6.46. The summed E-state index contributed by atoms with van der Waals surface area (Å²) in [5.41, 5.74) is 13.2. The van der Waals surface area contributed by atoms with Gasteiger partial charge in [-0.3, -0.25) is 4.79 Å². The number of aromatic amines is 1. The second kappa shape index (κ2) is 5.08. The Morgan fingerprint density at radius 3 is 2.40 bits per heavy atom. The van der Waals surface area contributed by atoms with E-state index >= 15 is 0 Å². The minimum Gasteiger partial charge on any atom is -0.369 e. The topological polar surface area (TPSA) is 58.9 Å². The van der Waals surface area contributed by atoms with Gasteiger partial charge in [0.2, 0.25) is 5.91 Å². The van der Waals surface area contributed by atoms with Gasteiger partial charge in [0.25, 0.3) is 0 Å². The number of aromatic nitrogens is 1. The fourth-order valence-corrected chi connectivity index (χ4v) is 4.00. The molecule has 3 N–H and O–H groups in total. The molecule has 1 unspecified atom stereocenters. The average Bonchev–Trinajstić information content (AvgIpc) is 3.20. The Hall–Kier alpha value is -3.33. The molecule has 3 heteroatoms. The molecule has 0 bridgehead atoms. The van der Waals surface area contributed by atoms with Gasteiger partial charge in [0.05, 0.1) is 5.92 Å². The smallest absolute Gasteiger partial charge is 0.229 e. The summed E-state index contributed by atoms with van der Waals surface area (Å²) < 4.78 is 0. The van der Waals surface area contributed by atoms with Crippen LogP contribution in [0.5, 0.6) is 0 Å². The van der Waals surface area contributed by atoms with Crippen molar-refractivity contribution in [3.63, 3.8) is 0 Å². The molecule has 1 aliphatic rings. The van der Waals surface area contributed by atoms with Crippen LogP contribution in [0.3, 0.4) is 0 Å². The molecule has 120 valence electrons. The number of H-pyrrole nitrogens is 1. The number of benzene rings is 3. The van der Waals surface area contributed by atoms with E-state index in [-0.39, 0.29) is 11.8 Å². The van der Waals surface area contributed by atoms with E-state index in [0.29, 0.717) is 0 Å². The predicted octanol–water partition coefficient (Wildman–Crippen LogP) is 4.43. The van der Waals surface area contributed by atoms with Gasteiger partial charge < -0.3 is 10.7 Å². The third-order valence-electron chi connectivity index (χ3n) is 5.05. The van der Waals surface area contributed by atoms with E-state index in [4.69, 9.17) is 5.73 Å². The maximum absolute atomic E-state index is 12.1. The lowest BCUT2D eigenvalue weighted by atomic mass is 9.94. The highest BCUT2D eigenvalue weighted by atomic mass is 16.1. The number of hydrogen-bond acceptors (Lipinski definition) is 1. The van der Waals surface area contributed by atoms with Crippen molar-refractivity contribution in [2.24, 2.45) is 5.73 Å². The molecular weight excluding hydrogens is 308 g/mol. The highest BCUT2D eigenvalue weighted by Gasteiger charge is 2.34. The Bertz CT molecular complexity index is 1110. The number of nitrogens with two attached hydrogens (primary N) is 1. The van der Waals surface area contributed by atoms with Crippen molar-refractivity contribution in [1.29, 1.82) is 0 Å². The van der Waals surface area contributed by atoms with E-state index < -0.39 is 0 Å². The Morgan fingerprint density at radius 1 is 0.840 bits per heavy atom. The SMILES string of the molecule is NC(=O)C1c2ccccc2-c2c(-c3cc4ccccc4[nH]3)cccc21. The van der Waals surface area contributed by atoms with Gasteiger partial charge in [-0.1, -0.05) is 60.7 Å². The lowest BCUT2D eigenvalue weighted by molar-refractivity contribution is -0.118. The minimum atomic E-state index is -0.379. The number of amides is 1. The Morgan fingerprint density at radius 2 is 1.56 bits per heavy atom. The number of para-hydroxylation sites is 1. The Labute approximate surface area is 145 Å². The zero-order valence-corrected chi connectivity index (χ0v) is 13.5. The van der Waals surface area contributed by atoms with Crippen molar-refractivity contribution >= 4 is 16.8 Å². The molecule has 3 nitrogen and oxygen atoms in total. The summed E-state index contributed by atoms with van der Waals surface area (Å²) in [6, 6.07) is 24.5. The van der Waals surface area contributed by atoms with Gasteiger partial charge in [-0.2, -0.15) is 0 Å². The number of hydrogen-bond donors (Lipinski definition) is 2. The van der Waals surface area contributed by atoms with Gasteiger partial charge in [0.15, 0.2) is 0 Å². The number of rotatable bonds is 2. The number of fused-ring (bicyclic) bond motifs is 4. The van der Waals surface area contributed by atoms with Crippen molar-refractivity contribution < 1.29 is 4.79 Å². The maximum atomic E-state index is 12.1. The first kappa shape index (κ1) is 14.1. The van der Waals surface area contributed by atoms with Gasteiger partial charge in [-0.05, 0) is 34.4 Å². The van der Waals surface area contributed by atoms with Crippen LogP contribution in [0, 0.1) is 0 Å². The van der Waals surface area contributed by atoms with Crippen LogP contribution in [0.1, 0.15) is 17.0 Å². The summed E-state index contributed by atoms with van der Waals surface area (Å²) in [6.45, 7) is 0. The second-order valence-corrected chi connectivity index (χ2v) is 6.46. The van der Waals surface area contributed by atoms with Gasteiger partial charge >= 0.3 is 0 Å². The summed E-state index contributed by atoms with van der Waals surface area (Å²) in [6.07, 6.45) is 0. The first-order valence-corrected chi connectivity index (χ1v) is 8.33. The standard InChI is InChI=1S/C22H16N2O/c23-22(25)21-15-8-3-2-7-14(15)20-16(9-5-10-17(20)21)19-12-13-6-1-4-11-18(13)24-19/h1-12,21,24H,(H2,23,25). The van der Waals surface area contributed by atoms with E-state index in [9.17, 15) is 4.79 Å². The molecule has 0 saturated heterocycles. The third-order valence-corrected chi connectivity index (χ3v) is 5.05. The van der Waals surface area contributed by atoms with Crippen LogP contribution in [-0.4, -0.2) is 10.9 Å². The molecule has 1 amide bonds. The van der Waals surface area contributed by atoms with Crippen LogP contribution in [0.15, 0.2) is 72.8 Å². The average molecular weight is 324 g/mol. The highest BCUT2D eigenvalue weighted by molar-refractivity contribution is 6.01. The molecule has 25 heavy (non-hydrogen) atoms. The summed E-state index contributed by atoms with van der Waals surface area (Å²) in [4.78, 5) is 15.6. The molecule has 0 fully saturated rings. The summed E-state index contributed by atoms with van der Waals surface area (Å²) >= 11 is 0. The molecule has 4 aromatic rings. The van der Waals surface area contributed by atoms with Crippen molar-refractivity contribution in [3.8, 4) is 22.4 Å². The number of carbonyl (C=O) groups excluding carboxylic acids is 1. The molecular formula is C22H16N2O. The molecule has 1 atom stereocenters. The molecule has 0 spiro atoms. The van der Waals surface area contributed by atoms with Crippen molar-refractivity contribution in [3.05, 3.63) is 83.9 Å². The quantitative estimate of drug-likeness (QED) is 0.563. The molecule has 1 aromatic heterocycles. The van der Waals surface area contributed by atoms with Gasteiger partial charge in [0, 0.05) is 22.2 Å². The molecule has 0 aliphatic heterocycles. The van der Waals surface area contributed by atoms with E-state index in [0.717, 1.165) is 39.0 Å². The van der Waals surface area contributed by atoms with E-state index in [2.05, 4.69) is 35.3 Å². The van der Waals surface area contributed by atoms with Crippen molar-refractivity contribution in [2.75, 3.05) is 0 Å². The van der Waals surface area contributed by atoms with Crippen LogP contribution in [-0.2, 0) is 4.79 Å². The molecule has 3 aromatic carbocycles. The zero-order valence-electron chi connectivity index (χ0n) is 13.5. The first-order chi connectivity index (χ1) is 12.2. The highest BCUT2D eigenvalue weighted by Crippen LogP contribution is 2.48. The van der Waals surface area contributed by atoms with Crippen molar-refractivity contribution in [1.82, 2.24) is 4.98 Å². The van der Waals surface area contributed by atoms with Crippen LogP contribution >= 0.6 is 0 Å². The molecule has 5 rings (SSSR count). The number of nitrogens with one attached hydrogen (secondary N) is 1. The van der Waals surface area contributed by atoms with Crippen LogP contribution in [0.4, 0.5) is 0 Å². The molecule has 1 heterocycles. The van der Waals surface area contributed by atoms with Crippen molar-refractivity contribution in [2.45, 2.75) is 5.92 Å². The molecule has 0 saturated carbocycles. The zero-order chi connectivity index (χ0) is 17.0. The van der Waals surface area contributed by atoms with Crippen LogP contribution in [0.25, 0.3) is 33.3 Å². The number of primary amides is 1. The van der Waals surface area contributed by atoms with Crippen LogP contribution in [0.2, 0.25) is 0 Å². The van der Waals surface area contributed by atoms with Gasteiger partial charge in [-0.25, -0.2) is 0 Å². The van der Waals surface area contributed by atoms with E-state index in [1.165, 1.54) is 5.39 Å². The maximum Gasteiger partial charge on any atom is 0.229 e. The first-order valence-electron chi connectivity index (χ1n) is 8.33. The van der Waals surface area contributed by atoms with Gasteiger partial charge in [0.1, 0.15) is 0 Å². The lowest BCUT2D eigenvalue weighted by Crippen LogP contribution is -2.20. The van der Waals surface area contributed by atoms with E-state index in [1.807, 2.05) is 42.5 Å². The number of carbonyl (C=O) groups is 1. The Kier molecular flexibility index (Phi) is 2.86. The minimum absolute atomic E-state index is 0.306. The van der Waals surface area contributed by atoms with Gasteiger partial charge in [-0.15, -0.1) is 0 Å². The van der Waals surface area contributed by atoms with Crippen LogP contribution < -0.4 is 5.73 Å². The monoisotopic (exact) mass is 324 g/mol. The summed E-state index contributed by atoms with van der Waals surface area (Å²) in [7, 11) is 0. The largest absolute Gasteiger partial charge is 0.369 e. The fraction of sp³-hybridized carbons (Fsp3) is 0.0455. The Balaban J connectivity index is 1.82. The normalized spacial score (nSPS) is 15.1. The fourth-order valence-electron chi connectivity index (χ4n) is 4.00. The third kappa shape index (κ3) is 1.96. The summed E-state index contributed by atoms with van der Waals surface area (Å²) in [5.74, 6) is -0.685. The molecule has 0 radical (unpaired) electrons. The summed E-state index contributed by atoms with van der Waals surface area (Å²) in [5, 5.41) is 1.17. The molecule has 1 aliphatic carbocycles. The lowest BCUT2D eigenvalue weighted by Gasteiger charge is -2.10. The van der Waals surface area contributed by atoms with E-state index in [1.54, 1.807) is 0 Å². The predicted molar refractivity (Wildman–Crippen MR) is 100 cm³/mol.